The second-order valence-corrected chi connectivity index (χ2v) is 3.30. The summed E-state index contributed by atoms with van der Waals surface area (Å²) in [6.07, 6.45) is 2.56. The normalized spacial score (nSPS) is 9.92. The molecule has 0 aromatic heterocycles. The van der Waals surface area contributed by atoms with Gasteiger partial charge in [0.15, 0.2) is 0 Å². The molecule has 0 fully saturated rings. The molecule has 0 radical (unpaired) electrons. The van der Waals surface area contributed by atoms with Crippen LogP contribution in [0.1, 0.15) is 25.3 Å². The van der Waals surface area contributed by atoms with Crippen LogP contribution in [0.4, 0.5) is 5.69 Å². The first-order chi connectivity index (χ1) is 6.18. The van der Waals surface area contributed by atoms with Crippen molar-refractivity contribution >= 4 is 11.5 Å². The zero-order valence-corrected chi connectivity index (χ0v) is 7.92. The van der Waals surface area contributed by atoms with Crippen molar-refractivity contribution in [2.24, 2.45) is 0 Å². The summed E-state index contributed by atoms with van der Waals surface area (Å²) in [7, 11) is 0. The maximum atomic E-state index is 10.7. The van der Waals surface area contributed by atoms with E-state index in [2.05, 4.69) is 0 Å². The summed E-state index contributed by atoms with van der Waals surface area (Å²) in [6.45, 7) is 1.63. The third-order valence-corrected chi connectivity index (χ3v) is 1.97. The number of nitrogen functional groups attached to an aromatic ring is 1. The van der Waals surface area contributed by atoms with E-state index in [1.54, 1.807) is 6.92 Å². The van der Waals surface area contributed by atoms with E-state index in [4.69, 9.17) is 5.73 Å². The Morgan fingerprint density at radius 3 is 2.46 bits per heavy atom. The number of aryl methyl sites for hydroxylation is 1. The van der Waals surface area contributed by atoms with E-state index in [9.17, 15) is 4.79 Å². The van der Waals surface area contributed by atoms with Gasteiger partial charge in [-0.1, -0.05) is 12.1 Å². The van der Waals surface area contributed by atoms with Crippen LogP contribution in [0.5, 0.6) is 0 Å². The summed E-state index contributed by atoms with van der Waals surface area (Å²) in [5, 5.41) is 0. The van der Waals surface area contributed by atoms with Gasteiger partial charge in [-0.15, -0.1) is 0 Å². The van der Waals surface area contributed by atoms with Gasteiger partial charge in [0, 0.05) is 12.1 Å². The van der Waals surface area contributed by atoms with Crippen LogP contribution >= 0.6 is 0 Å². The lowest BCUT2D eigenvalue weighted by Gasteiger charge is -2.00. The van der Waals surface area contributed by atoms with Gasteiger partial charge < -0.3 is 10.5 Å². The molecule has 13 heavy (non-hydrogen) atoms. The molecule has 2 heteroatoms. The van der Waals surface area contributed by atoms with Crippen molar-refractivity contribution in [1.29, 1.82) is 0 Å². The second kappa shape index (κ2) is 4.65. The lowest BCUT2D eigenvalue weighted by molar-refractivity contribution is -0.117. The number of benzene rings is 1. The number of hydrogen-bond acceptors (Lipinski definition) is 2. The predicted molar refractivity (Wildman–Crippen MR) is 54.5 cm³/mol. The molecule has 1 aromatic carbocycles. The van der Waals surface area contributed by atoms with Crippen LogP contribution in [0.25, 0.3) is 0 Å². The Labute approximate surface area is 78.8 Å². The van der Waals surface area contributed by atoms with Gasteiger partial charge in [0.25, 0.3) is 0 Å². The summed E-state index contributed by atoms with van der Waals surface area (Å²) in [5.74, 6) is 0.260. The van der Waals surface area contributed by atoms with Crippen molar-refractivity contribution < 1.29 is 4.79 Å². The number of ketones is 1. The predicted octanol–water partition coefficient (Wildman–Crippen LogP) is 2.18. The maximum absolute atomic E-state index is 10.7. The first-order valence-electron chi connectivity index (χ1n) is 4.52. The number of hydrogen-bond donors (Lipinski definition) is 1. The Hall–Kier alpha value is -1.31. The first-order valence-corrected chi connectivity index (χ1v) is 4.52. The molecule has 0 saturated carbocycles. The number of carbonyl (C=O) groups is 1. The van der Waals surface area contributed by atoms with Gasteiger partial charge in [0.1, 0.15) is 5.78 Å². The molecule has 2 nitrogen and oxygen atoms in total. The number of carbonyl (C=O) groups excluding carboxylic acids is 1. The average molecular weight is 177 g/mol. The van der Waals surface area contributed by atoms with Crippen LogP contribution in [0.3, 0.4) is 0 Å². The van der Waals surface area contributed by atoms with Crippen LogP contribution in [0.2, 0.25) is 0 Å². The smallest absolute Gasteiger partial charge is 0.129 e. The van der Waals surface area contributed by atoms with Crippen LogP contribution in [0.15, 0.2) is 24.3 Å². The Morgan fingerprint density at radius 2 is 1.92 bits per heavy atom. The Balaban J connectivity index is 2.37. The standard InChI is InChI=1S/C11H15NO/c1-9(13)3-2-4-10-5-7-11(12)8-6-10/h5-8H,2-4,12H2,1H3. The third kappa shape index (κ3) is 3.74. The Morgan fingerprint density at radius 1 is 1.31 bits per heavy atom. The van der Waals surface area contributed by atoms with Gasteiger partial charge in [-0.05, 0) is 37.5 Å². The molecule has 0 aliphatic heterocycles. The molecule has 0 heterocycles. The fourth-order valence-electron chi connectivity index (χ4n) is 1.23. The van der Waals surface area contributed by atoms with E-state index in [0.29, 0.717) is 6.42 Å². The van der Waals surface area contributed by atoms with Crippen molar-refractivity contribution in [3.05, 3.63) is 29.8 Å². The molecule has 0 spiro atoms. The highest BCUT2D eigenvalue weighted by Gasteiger charge is 1.95. The van der Waals surface area contributed by atoms with E-state index >= 15 is 0 Å². The molecule has 0 saturated heterocycles. The molecule has 0 bridgehead atoms. The lowest BCUT2D eigenvalue weighted by atomic mass is 10.1. The quantitative estimate of drug-likeness (QED) is 0.716. The minimum Gasteiger partial charge on any atom is -0.399 e. The Bertz CT molecular complexity index is 277. The van der Waals surface area contributed by atoms with E-state index in [1.807, 2.05) is 24.3 Å². The molecule has 0 unspecified atom stereocenters. The van der Waals surface area contributed by atoms with Gasteiger partial charge in [-0.3, -0.25) is 0 Å². The van der Waals surface area contributed by atoms with E-state index in [0.717, 1.165) is 18.5 Å². The van der Waals surface area contributed by atoms with Gasteiger partial charge in [-0.2, -0.15) is 0 Å². The van der Waals surface area contributed by atoms with Crippen molar-refractivity contribution in [2.75, 3.05) is 5.73 Å². The summed E-state index contributed by atoms with van der Waals surface area (Å²) in [5.41, 5.74) is 7.58. The summed E-state index contributed by atoms with van der Waals surface area (Å²) in [4.78, 5) is 10.7. The maximum Gasteiger partial charge on any atom is 0.129 e. The van der Waals surface area contributed by atoms with Crippen LogP contribution in [-0.4, -0.2) is 5.78 Å². The molecule has 0 aliphatic carbocycles. The second-order valence-electron chi connectivity index (χ2n) is 3.30. The average Bonchev–Trinajstić information content (AvgIpc) is 2.08. The van der Waals surface area contributed by atoms with Crippen molar-refractivity contribution in [2.45, 2.75) is 26.2 Å². The first kappa shape index (κ1) is 9.78. The van der Waals surface area contributed by atoms with Crippen LogP contribution < -0.4 is 5.73 Å². The molecule has 0 aliphatic rings. The molecular formula is C11H15NO. The largest absolute Gasteiger partial charge is 0.399 e. The van der Waals surface area contributed by atoms with Crippen LogP contribution in [0, 0.1) is 0 Å². The lowest BCUT2D eigenvalue weighted by Crippen LogP contribution is -1.93. The van der Waals surface area contributed by atoms with Crippen molar-refractivity contribution in [3.63, 3.8) is 0 Å². The topological polar surface area (TPSA) is 43.1 Å². The summed E-state index contributed by atoms with van der Waals surface area (Å²) >= 11 is 0. The fourth-order valence-corrected chi connectivity index (χ4v) is 1.23. The number of anilines is 1. The van der Waals surface area contributed by atoms with E-state index in [-0.39, 0.29) is 5.78 Å². The fraction of sp³-hybridized carbons (Fsp3) is 0.364. The number of rotatable bonds is 4. The zero-order valence-electron chi connectivity index (χ0n) is 7.92. The molecule has 1 rings (SSSR count). The monoisotopic (exact) mass is 177 g/mol. The minimum atomic E-state index is 0.260. The van der Waals surface area contributed by atoms with E-state index in [1.165, 1.54) is 5.56 Å². The van der Waals surface area contributed by atoms with Crippen molar-refractivity contribution in [1.82, 2.24) is 0 Å². The molecule has 1 aromatic rings. The molecule has 0 amide bonds. The Kier molecular flexibility index (Phi) is 3.50. The van der Waals surface area contributed by atoms with E-state index < -0.39 is 0 Å². The number of nitrogens with two attached hydrogens (primary N) is 1. The summed E-state index contributed by atoms with van der Waals surface area (Å²) in [6, 6.07) is 7.80. The zero-order chi connectivity index (χ0) is 9.68. The SMILES string of the molecule is CC(=O)CCCc1ccc(N)cc1. The van der Waals surface area contributed by atoms with Gasteiger partial charge >= 0.3 is 0 Å². The molecule has 70 valence electrons. The van der Waals surface area contributed by atoms with Crippen molar-refractivity contribution in [3.8, 4) is 0 Å². The van der Waals surface area contributed by atoms with Gasteiger partial charge in [0.05, 0.1) is 0 Å². The third-order valence-electron chi connectivity index (χ3n) is 1.97. The number of Topliss-reactive ketones (excluding diaryl/α,β-unsaturated/α-hetero) is 1. The molecule has 0 atom stereocenters. The summed E-state index contributed by atoms with van der Waals surface area (Å²) < 4.78 is 0. The highest BCUT2D eigenvalue weighted by atomic mass is 16.1. The highest BCUT2D eigenvalue weighted by Crippen LogP contribution is 2.08. The van der Waals surface area contributed by atoms with Gasteiger partial charge in [0.2, 0.25) is 0 Å². The molecule has 2 N–H and O–H groups in total. The van der Waals surface area contributed by atoms with Gasteiger partial charge in [-0.25, -0.2) is 0 Å². The molecular weight excluding hydrogens is 162 g/mol. The minimum absolute atomic E-state index is 0.260. The van der Waals surface area contributed by atoms with Crippen LogP contribution in [-0.2, 0) is 11.2 Å². The highest BCUT2D eigenvalue weighted by molar-refractivity contribution is 5.75.